The molecule has 1 saturated carbocycles. The number of halogens is 2. The summed E-state index contributed by atoms with van der Waals surface area (Å²) in [7, 11) is 0. The Morgan fingerprint density at radius 3 is 2.32 bits per heavy atom. The number of hydrogen-bond donors (Lipinski definition) is 2. The van der Waals surface area contributed by atoms with Crippen molar-refractivity contribution in [1.82, 2.24) is 4.98 Å². The number of amides is 2. The summed E-state index contributed by atoms with van der Waals surface area (Å²) in [6.45, 7) is 10.4. The van der Waals surface area contributed by atoms with E-state index in [1.54, 1.807) is 17.9 Å². The number of hydrogen-bond acceptors (Lipinski definition) is 4. The molecule has 1 aliphatic rings. The maximum atomic E-state index is 13.7. The highest BCUT2D eigenvalue weighted by Crippen LogP contribution is 2.37. The standard InChI is InChI=1S/C27H37F2N3O3.C2H6/c1-17(2)21-8-6-7-9-23(21)32(20-13-11-19(12-14-20)16-27(4,5)34)26(33)31-22-15-10-18(3)30-24(22)35-25(28)29;1-2/h6-10,15,17,19-20,25,34H,11-14,16H2,1-5H3,(H,31,33);1-2H3. The first-order valence-electron chi connectivity index (χ1n) is 13.3. The summed E-state index contributed by atoms with van der Waals surface area (Å²) >= 11 is 0. The number of carbonyl (C=O) groups excluding carboxylic acids is 1. The first-order chi connectivity index (χ1) is 17.4. The van der Waals surface area contributed by atoms with E-state index < -0.39 is 18.2 Å². The fourth-order valence-electron chi connectivity index (χ4n) is 4.96. The number of anilines is 2. The lowest BCUT2D eigenvalue weighted by atomic mass is 9.79. The molecule has 0 unspecified atom stereocenters. The minimum absolute atomic E-state index is 0.0640. The van der Waals surface area contributed by atoms with Gasteiger partial charge in [0.2, 0.25) is 5.88 Å². The summed E-state index contributed by atoms with van der Waals surface area (Å²) in [6.07, 6.45) is 4.08. The van der Waals surface area contributed by atoms with Crippen molar-refractivity contribution in [2.24, 2.45) is 5.92 Å². The Bertz CT molecular complexity index is 1000. The molecule has 0 spiro atoms. The van der Waals surface area contributed by atoms with Crippen LogP contribution in [0.2, 0.25) is 0 Å². The summed E-state index contributed by atoms with van der Waals surface area (Å²) in [5.74, 6) is 0.273. The maximum Gasteiger partial charge on any atom is 0.388 e. The Kier molecular flexibility index (Phi) is 11.3. The van der Waals surface area contributed by atoms with Crippen molar-refractivity contribution >= 4 is 17.4 Å². The normalized spacial score (nSPS) is 17.7. The number of rotatable bonds is 8. The van der Waals surface area contributed by atoms with Crippen LogP contribution in [0.4, 0.5) is 25.0 Å². The molecule has 0 radical (unpaired) electrons. The molecular weight excluding hydrogens is 476 g/mol. The average Bonchev–Trinajstić information content (AvgIpc) is 2.82. The number of carbonyl (C=O) groups is 1. The van der Waals surface area contributed by atoms with Gasteiger partial charge in [-0.05, 0) is 88.5 Å². The second-order valence-corrected chi connectivity index (χ2v) is 10.4. The number of ether oxygens (including phenoxy) is 1. The van der Waals surface area contributed by atoms with Crippen molar-refractivity contribution in [3.63, 3.8) is 0 Å². The summed E-state index contributed by atoms with van der Waals surface area (Å²) < 4.78 is 30.5. The third-order valence-corrected chi connectivity index (χ3v) is 6.45. The molecule has 0 atom stereocenters. The van der Waals surface area contributed by atoms with Crippen LogP contribution in [-0.4, -0.2) is 34.4 Å². The van der Waals surface area contributed by atoms with Crippen LogP contribution >= 0.6 is 0 Å². The van der Waals surface area contributed by atoms with Gasteiger partial charge in [-0.25, -0.2) is 9.78 Å². The van der Waals surface area contributed by atoms with Crippen LogP contribution in [0.1, 0.15) is 90.8 Å². The van der Waals surface area contributed by atoms with Crippen LogP contribution in [0.15, 0.2) is 36.4 Å². The van der Waals surface area contributed by atoms with E-state index in [-0.39, 0.29) is 23.5 Å². The number of benzene rings is 1. The molecule has 1 aromatic carbocycles. The lowest BCUT2D eigenvalue weighted by Gasteiger charge is -2.39. The Morgan fingerprint density at radius 2 is 1.76 bits per heavy atom. The first kappa shape index (κ1) is 30.5. The predicted octanol–water partition coefficient (Wildman–Crippen LogP) is 7.90. The van der Waals surface area contributed by atoms with E-state index in [9.17, 15) is 18.7 Å². The van der Waals surface area contributed by atoms with Crippen LogP contribution in [0, 0.1) is 12.8 Å². The molecule has 6 nitrogen and oxygen atoms in total. The van der Waals surface area contributed by atoms with Gasteiger partial charge in [0.05, 0.1) is 5.60 Å². The largest absolute Gasteiger partial charge is 0.415 e. The van der Waals surface area contributed by atoms with E-state index in [4.69, 9.17) is 0 Å². The molecule has 0 saturated heterocycles. The molecule has 2 amide bonds. The quantitative estimate of drug-likeness (QED) is 0.372. The molecule has 8 heteroatoms. The number of nitrogens with one attached hydrogen (secondary N) is 1. The molecular formula is C29H43F2N3O3. The smallest absolute Gasteiger partial charge is 0.388 e. The number of aryl methyl sites for hydroxylation is 1. The zero-order valence-electron chi connectivity index (χ0n) is 23.2. The molecule has 37 heavy (non-hydrogen) atoms. The van der Waals surface area contributed by atoms with Crippen molar-refractivity contribution in [3.8, 4) is 5.88 Å². The van der Waals surface area contributed by atoms with Gasteiger partial charge in [0.1, 0.15) is 5.69 Å². The van der Waals surface area contributed by atoms with Gasteiger partial charge in [-0.1, -0.05) is 45.9 Å². The maximum absolute atomic E-state index is 13.7. The van der Waals surface area contributed by atoms with Crippen LogP contribution in [0.25, 0.3) is 0 Å². The summed E-state index contributed by atoms with van der Waals surface area (Å²) in [6, 6.07) is 10.5. The van der Waals surface area contributed by atoms with E-state index in [0.717, 1.165) is 43.4 Å². The number of aromatic nitrogens is 1. The van der Waals surface area contributed by atoms with Gasteiger partial charge >= 0.3 is 12.6 Å². The molecule has 1 aromatic heterocycles. The molecule has 1 heterocycles. The lowest BCUT2D eigenvalue weighted by Crippen LogP contribution is -2.46. The molecule has 2 N–H and O–H groups in total. The minimum atomic E-state index is -3.05. The molecule has 1 fully saturated rings. The highest BCUT2D eigenvalue weighted by atomic mass is 19.3. The number of nitrogens with zero attached hydrogens (tertiary/aromatic N) is 2. The Balaban J connectivity index is 0.00000235. The molecule has 206 valence electrons. The minimum Gasteiger partial charge on any atom is -0.415 e. The molecule has 0 aliphatic heterocycles. The average molecular weight is 520 g/mol. The fourth-order valence-corrected chi connectivity index (χ4v) is 4.96. The van der Waals surface area contributed by atoms with Crippen molar-refractivity contribution in [1.29, 1.82) is 0 Å². The zero-order valence-corrected chi connectivity index (χ0v) is 23.2. The number of urea groups is 1. The Labute approximate surface area is 220 Å². The highest BCUT2D eigenvalue weighted by Gasteiger charge is 2.33. The highest BCUT2D eigenvalue weighted by molar-refractivity contribution is 6.03. The van der Waals surface area contributed by atoms with E-state index in [0.29, 0.717) is 11.6 Å². The van der Waals surface area contributed by atoms with Crippen molar-refractivity contribution in [2.45, 2.75) is 105 Å². The van der Waals surface area contributed by atoms with Gasteiger partial charge in [-0.2, -0.15) is 8.78 Å². The summed E-state index contributed by atoms with van der Waals surface area (Å²) in [5.41, 5.74) is 1.72. The summed E-state index contributed by atoms with van der Waals surface area (Å²) in [4.78, 5) is 19.5. The predicted molar refractivity (Wildman–Crippen MR) is 146 cm³/mol. The van der Waals surface area contributed by atoms with E-state index in [2.05, 4.69) is 28.9 Å². The van der Waals surface area contributed by atoms with E-state index in [1.807, 2.05) is 52.0 Å². The van der Waals surface area contributed by atoms with E-state index >= 15 is 0 Å². The number of aliphatic hydroxyl groups is 1. The second kappa shape index (κ2) is 13.7. The third-order valence-electron chi connectivity index (χ3n) is 6.45. The van der Waals surface area contributed by atoms with Crippen LogP contribution in [0.3, 0.4) is 0 Å². The third kappa shape index (κ3) is 8.95. The molecule has 0 bridgehead atoms. The molecule has 1 aliphatic carbocycles. The lowest BCUT2D eigenvalue weighted by molar-refractivity contribution is -0.0523. The Hall–Kier alpha value is -2.74. The van der Waals surface area contributed by atoms with Crippen molar-refractivity contribution in [3.05, 3.63) is 47.7 Å². The second-order valence-electron chi connectivity index (χ2n) is 10.4. The monoisotopic (exact) mass is 519 g/mol. The molecule has 3 rings (SSSR count). The van der Waals surface area contributed by atoms with Crippen molar-refractivity contribution < 1.29 is 23.4 Å². The van der Waals surface area contributed by atoms with Crippen LogP contribution < -0.4 is 15.0 Å². The van der Waals surface area contributed by atoms with Gasteiger partial charge in [-0.15, -0.1) is 0 Å². The Morgan fingerprint density at radius 1 is 1.14 bits per heavy atom. The van der Waals surface area contributed by atoms with Gasteiger partial charge < -0.3 is 15.2 Å². The van der Waals surface area contributed by atoms with Gasteiger partial charge in [0, 0.05) is 17.4 Å². The molecule has 2 aromatic rings. The van der Waals surface area contributed by atoms with E-state index in [1.165, 1.54) is 6.07 Å². The van der Waals surface area contributed by atoms with Gasteiger partial charge in [-0.3, -0.25) is 4.90 Å². The topological polar surface area (TPSA) is 74.7 Å². The SMILES string of the molecule is CC.Cc1ccc(NC(=O)N(c2ccccc2C(C)C)C2CCC(CC(C)(C)O)CC2)c(OC(F)F)n1. The zero-order chi connectivity index (χ0) is 27.8. The number of para-hydroxylation sites is 1. The van der Waals surface area contributed by atoms with Crippen LogP contribution in [-0.2, 0) is 0 Å². The first-order valence-corrected chi connectivity index (χ1v) is 13.3. The van der Waals surface area contributed by atoms with Crippen molar-refractivity contribution in [2.75, 3.05) is 10.2 Å². The van der Waals surface area contributed by atoms with Gasteiger partial charge in [0.25, 0.3) is 0 Å². The van der Waals surface area contributed by atoms with Crippen LogP contribution in [0.5, 0.6) is 5.88 Å². The number of alkyl halides is 2. The summed E-state index contributed by atoms with van der Waals surface area (Å²) in [5, 5.41) is 13.0. The van der Waals surface area contributed by atoms with Gasteiger partial charge in [0.15, 0.2) is 0 Å². The number of pyridine rings is 1. The fraction of sp³-hybridized carbons (Fsp3) is 0.586.